The minimum absolute atomic E-state index is 0.0361. The van der Waals surface area contributed by atoms with E-state index in [-0.39, 0.29) is 39.5 Å². The normalized spacial score (nSPS) is 46.9. The number of aliphatic carboxylic acids is 1. The van der Waals surface area contributed by atoms with Crippen LogP contribution in [0.5, 0.6) is 11.9 Å². The first kappa shape index (κ1) is 26.1. The van der Waals surface area contributed by atoms with E-state index in [2.05, 4.69) is 64.5 Å². The van der Waals surface area contributed by atoms with Crippen molar-refractivity contribution in [3.8, 4) is 11.9 Å². The molecule has 5 aliphatic rings. The minimum atomic E-state index is -0.627. The Labute approximate surface area is 227 Å². The van der Waals surface area contributed by atoms with E-state index in [1.807, 2.05) is 0 Å². The second-order valence-corrected chi connectivity index (χ2v) is 15.2. The molecule has 0 radical (unpaired) electrons. The first-order chi connectivity index (χ1) is 17.6. The number of carbonyl (C=O) groups is 1. The van der Waals surface area contributed by atoms with Crippen LogP contribution in [-0.2, 0) is 16.6 Å². The van der Waals surface area contributed by atoms with Crippen molar-refractivity contribution >= 4 is 5.97 Å². The molecule has 0 bridgehead atoms. The van der Waals surface area contributed by atoms with Crippen LogP contribution < -0.4 is 0 Å². The van der Waals surface area contributed by atoms with Gasteiger partial charge in [0.1, 0.15) is 0 Å². The molecule has 1 heterocycles. The van der Waals surface area contributed by atoms with Crippen molar-refractivity contribution in [1.82, 2.24) is 9.97 Å². The number of rotatable bonds is 1. The molecule has 38 heavy (non-hydrogen) atoms. The van der Waals surface area contributed by atoms with E-state index in [1.54, 1.807) is 0 Å². The van der Waals surface area contributed by atoms with E-state index in [0.717, 1.165) is 56.2 Å². The minimum Gasteiger partial charge on any atom is -0.493 e. The highest BCUT2D eigenvalue weighted by Crippen LogP contribution is 2.75. The average molecular weight is 523 g/mol. The summed E-state index contributed by atoms with van der Waals surface area (Å²) in [4.78, 5) is 21.3. The van der Waals surface area contributed by atoms with Crippen molar-refractivity contribution in [2.24, 2.45) is 51.2 Å². The maximum absolute atomic E-state index is 12.9. The molecule has 9 unspecified atom stereocenters. The van der Waals surface area contributed by atoms with Gasteiger partial charge in [0.25, 0.3) is 0 Å². The number of nitrogens with zero attached hydrogens (tertiary/aromatic N) is 2. The van der Waals surface area contributed by atoms with Gasteiger partial charge in [-0.15, -0.1) is 0 Å². The second kappa shape index (κ2) is 7.75. The lowest BCUT2D eigenvalue weighted by molar-refractivity contribution is -0.179. The van der Waals surface area contributed by atoms with Crippen LogP contribution in [0, 0.1) is 51.2 Å². The number of aromatic hydroxyl groups is 2. The van der Waals surface area contributed by atoms with E-state index in [9.17, 15) is 20.1 Å². The van der Waals surface area contributed by atoms with Gasteiger partial charge in [-0.25, -0.2) is 0 Å². The first-order valence-electron chi connectivity index (χ1n) is 14.9. The lowest BCUT2D eigenvalue weighted by Crippen LogP contribution is -2.65. The maximum atomic E-state index is 12.9. The molecule has 0 amide bonds. The molecule has 208 valence electrons. The third kappa shape index (κ3) is 2.93. The number of aromatic nitrogens is 2. The van der Waals surface area contributed by atoms with Gasteiger partial charge in [-0.3, -0.25) is 4.79 Å². The lowest BCUT2D eigenvalue weighted by Gasteiger charge is -2.70. The fraction of sp³-hybridized carbons (Fsp3) is 0.781. The zero-order valence-electron chi connectivity index (χ0n) is 24.3. The molecule has 1 aromatic heterocycles. The number of hydrogen-bond acceptors (Lipinski definition) is 5. The van der Waals surface area contributed by atoms with Crippen LogP contribution in [0.15, 0.2) is 11.6 Å². The van der Waals surface area contributed by atoms with E-state index in [0.29, 0.717) is 30.1 Å². The van der Waals surface area contributed by atoms with Gasteiger partial charge in [0.15, 0.2) is 0 Å². The molecule has 9 atom stereocenters. The molecule has 6 nitrogen and oxygen atoms in total. The maximum Gasteiger partial charge on any atom is 0.317 e. The largest absolute Gasteiger partial charge is 0.493 e. The fourth-order valence-electron chi connectivity index (χ4n) is 11.4. The third-order valence-corrected chi connectivity index (χ3v) is 13.7. The molecule has 0 saturated heterocycles. The molecule has 3 fully saturated rings. The third-order valence-electron chi connectivity index (χ3n) is 13.7. The summed E-state index contributed by atoms with van der Waals surface area (Å²) < 4.78 is 0. The standard InChI is InChI=1S/C32H46N2O4/c1-17-10-13-32(26(36)37)15-14-30(6)20(23(32)18(17)2)8-9-22-29(5)16-19-24(33-27(38)34-25(19)35)28(3,4)21(29)11-12-31(22,30)7/h8,17-18,21-23H,9-16H2,1-7H3,(H,36,37)(H2,33,34,35,38). The second-order valence-electron chi connectivity index (χ2n) is 15.2. The van der Waals surface area contributed by atoms with E-state index in [1.165, 1.54) is 5.57 Å². The topological polar surface area (TPSA) is 104 Å². The van der Waals surface area contributed by atoms with Gasteiger partial charge in [0.2, 0.25) is 5.88 Å². The smallest absolute Gasteiger partial charge is 0.317 e. The molecular formula is C32H46N2O4. The van der Waals surface area contributed by atoms with Crippen LogP contribution >= 0.6 is 0 Å². The van der Waals surface area contributed by atoms with Crippen molar-refractivity contribution in [3.05, 3.63) is 22.9 Å². The molecule has 3 N–H and O–H groups in total. The van der Waals surface area contributed by atoms with Gasteiger partial charge in [0.05, 0.1) is 11.1 Å². The summed E-state index contributed by atoms with van der Waals surface area (Å²) in [5.74, 6) is 1.09. The molecule has 0 aromatic carbocycles. The molecular weight excluding hydrogens is 476 g/mol. The number of hydrogen-bond donors (Lipinski definition) is 3. The van der Waals surface area contributed by atoms with Gasteiger partial charge >= 0.3 is 12.0 Å². The molecule has 6 heteroatoms. The van der Waals surface area contributed by atoms with Gasteiger partial charge < -0.3 is 15.3 Å². The van der Waals surface area contributed by atoms with Crippen LogP contribution in [0.4, 0.5) is 0 Å². The summed E-state index contributed by atoms with van der Waals surface area (Å²) in [6.45, 7) is 16.5. The van der Waals surface area contributed by atoms with Crippen LogP contribution in [0.3, 0.4) is 0 Å². The molecule has 6 rings (SSSR count). The molecule has 0 spiro atoms. The van der Waals surface area contributed by atoms with Gasteiger partial charge in [-0.05, 0) is 97.2 Å². The SMILES string of the molecule is CC1CCC2(C(=O)O)CCC3(C)C(=CCC4C5(C)Cc6c(O)nc(O)nc6C(C)(C)C5CCC43C)C2C1C. The summed E-state index contributed by atoms with van der Waals surface area (Å²) in [5.41, 5.74) is 2.02. The Bertz CT molecular complexity index is 1240. The molecule has 0 aliphatic heterocycles. The monoisotopic (exact) mass is 522 g/mol. The zero-order chi connectivity index (χ0) is 27.6. The van der Waals surface area contributed by atoms with Crippen molar-refractivity contribution < 1.29 is 20.1 Å². The van der Waals surface area contributed by atoms with E-state index < -0.39 is 11.4 Å². The Kier molecular flexibility index (Phi) is 5.33. The Balaban J connectivity index is 1.49. The van der Waals surface area contributed by atoms with Crippen LogP contribution in [0.2, 0.25) is 0 Å². The summed E-state index contributed by atoms with van der Waals surface area (Å²) in [6, 6.07) is -0.351. The predicted octanol–water partition coefficient (Wildman–Crippen LogP) is 6.64. The van der Waals surface area contributed by atoms with Crippen molar-refractivity contribution in [2.75, 3.05) is 0 Å². The van der Waals surface area contributed by atoms with Gasteiger partial charge in [-0.2, -0.15) is 9.97 Å². The molecule has 5 aliphatic carbocycles. The molecule has 1 aromatic rings. The Morgan fingerprint density at radius 1 is 0.947 bits per heavy atom. The summed E-state index contributed by atoms with van der Waals surface area (Å²) in [6.07, 6.45) is 9.80. The van der Waals surface area contributed by atoms with E-state index in [4.69, 9.17) is 0 Å². The number of carboxylic acids is 1. The quantitative estimate of drug-likeness (QED) is 0.357. The number of fused-ring (bicyclic) bond motifs is 8. The van der Waals surface area contributed by atoms with Crippen LogP contribution in [0.1, 0.15) is 105 Å². The number of carboxylic acid groups (broad SMARTS) is 1. The van der Waals surface area contributed by atoms with Crippen LogP contribution in [-0.4, -0.2) is 31.3 Å². The van der Waals surface area contributed by atoms with Crippen molar-refractivity contribution in [2.45, 2.75) is 105 Å². The highest BCUT2D eigenvalue weighted by atomic mass is 16.4. The Hall–Kier alpha value is -2.11. The average Bonchev–Trinajstić information content (AvgIpc) is 2.82. The van der Waals surface area contributed by atoms with E-state index >= 15 is 0 Å². The van der Waals surface area contributed by atoms with Crippen molar-refractivity contribution in [1.29, 1.82) is 0 Å². The highest BCUT2D eigenvalue weighted by Gasteiger charge is 2.69. The highest BCUT2D eigenvalue weighted by molar-refractivity contribution is 5.76. The zero-order valence-corrected chi connectivity index (χ0v) is 24.3. The van der Waals surface area contributed by atoms with Crippen molar-refractivity contribution in [3.63, 3.8) is 0 Å². The summed E-state index contributed by atoms with van der Waals surface area (Å²) in [5, 5.41) is 31.6. The van der Waals surface area contributed by atoms with Crippen LogP contribution in [0.25, 0.3) is 0 Å². The lowest BCUT2D eigenvalue weighted by atomic mass is 9.33. The first-order valence-corrected chi connectivity index (χ1v) is 14.9. The Morgan fingerprint density at radius 3 is 2.34 bits per heavy atom. The number of allylic oxidation sites excluding steroid dienone is 2. The van der Waals surface area contributed by atoms with Gasteiger partial charge in [0, 0.05) is 11.0 Å². The molecule has 3 saturated carbocycles. The fourth-order valence-corrected chi connectivity index (χ4v) is 11.4. The van der Waals surface area contributed by atoms with Gasteiger partial charge in [-0.1, -0.05) is 60.1 Å². The summed E-state index contributed by atoms with van der Waals surface area (Å²) in [7, 11) is 0. The Morgan fingerprint density at radius 2 is 1.66 bits per heavy atom. The summed E-state index contributed by atoms with van der Waals surface area (Å²) >= 11 is 0. The predicted molar refractivity (Wildman–Crippen MR) is 146 cm³/mol.